The normalized spacial score (nSPS) is 10.6. The lowest BCUT2D eigenvalue weighted by Gasteiger charge is -2.12. The molecule has 1 heterocycles. The summed E-state index contributed by atoms with van der Waals surface area (Å²) in [5.41, 5.74) is 3.10. The number of para-hydroxylation sites is 1. The molecule has 0 bridgehead atoms. The highest BCUT2D eigenvalue weighted by atomic mass is 35.5. The minimum atomic E-state index is -0.570. The lowest BCUT2D eigenvalue weighted by Crippen LogP contribution is -2.22. The number of carbonyl (C=O) groups excluding carboxylic acids is 2. The number of fused-ring (bicyclic) bond motifs is 1. The van der Waals surface area contributed by atoms with Gasteiger partial charge in [0.2, 0.25) is 0 Å². The smallest absolute Gasteiger partial charge is 0.340 e. The van der Waals surface area contributed by atoms with E-state index >= 15 is 0 Å². The monoisotopic (exact) mass is 368 g/mol. The molecule has 3 rings (SSSR count). The van der Waals surface area contributed by atoms with Gasteiger partial charge in [0.1, 0.15) is 0 Å². The van der Waals surface area contributed by atoms with Crippen LogP contribution in [0.5, 0.6) is 0 Å². The van der Waals surface area contributed by atoms with Crippen LogP contribution in [0.25, 0.3) is 10.9 Å². The topological polar surface area (TPSA) is 68.3 Å². The van der Waals surface area contributed by atoms with Gasteiger partial charge >= 0.3 is 5.97 Å². The first-order valence-corrected chi connectivity index (χ1v) is 8.42. The fraction of sp³-hybridized carbons (Fsp3) is 0.150. The zero-order chi connectivity index (χ0) is 18.7. The summed E-state index contributed by atoms with van der Waals surface area (Å²) in [4.78, 5) is 28.9. The van der Waals surface area contributed by atoms with Gasteiger partial charge in [-0.1, -0.05) is 35.9 Å². The molecule has 26 heavy (non-hydrogen) atoms. The molecule has 0 atom stereocenters. The molecule has 0 radical (unpaired) electrons. The summed E-state index contributed by atoms with van der Waals surface area (Å²) in [6.07, 6.45) is 0. The molecule has 3 aromatic rings. The fourth-order valence-corrected chi connectivity index (χ4v) is 2.99. The van der Waals surface area contributed by atoms with Crippen molar-refractivity contribution in [3.8, 4) is 0 Å². The Kier molecular flexibility index (Phi) is 5.19. The average Bonchev–Trinajstić information content (AvgIpc) is 2.60. The molecule has 0 aliphatic rings. The van der Waals surface area contributed by atoms with Crippen molar-refractivity contribution in [3.63, 3.8) is 0 Å². The number of ether oxygens (including phenoxy) is 1. The molecule has 0 unspecified atom stereocenters. The number of hydrogen-bond donors (Lipinski definition) is 1. The Balaban J connectivity index is 1.72. The van der Waals surface area contributed by atoms with E-state index in [2.05, 4.69) is 10.3 Å². The van der Waals surface area contributed by atoms with Crippen LogP contribution in [0.15, 0.2) is 48.5 Å². The summed E-state index contributed by atoms with van der Waals surface area (Å²) in [5.74, 6) is -1.01. The van der Waals surface area contributed by atoms with Crippen LogP contribution >= 0.6 is 11.6 Å². The number of carbonyl (C=O) groups is 2. The molecule has 1 amide bonds. The Hall–Kier alpha value is -2.92. The van der Waals surface area contributed by atoms with Crippen molar-refractivity contribution in [3.05, 3.63) is 70.4 Å². The molecule has 0 spiro atoms. The standard InChI is InChI=1S/C20H17ClN2O3/c1-12-16-8-3-4-9-17(16)22-13(2)19(12)20(25)26-11-18(24)23-15-7-5-6-14(21)10-15/h3-10H,11H2,1-2H3,(H,23,24). The van der Waals surface area contributed by atoms with Crippen molar-refractivity contribution in [2.75, 3.05) is 11.9 Å². The minimum Gasteiger partial charge on any atom is -0.452 e. The number of rotatable bonds is 4. The maximum Gasteiger partial charge on any atom is 0.340 e. The van der Waals surface area contributed by atoms with E-state index in [4.69, 9.17) is 16.3 Å². The van der Waals surface area contributed by atoms with Crippen molar-refractivity contribution in [2.45, 2.75) is 13.8 Å². The van der Waals surface area contributed by atoms with Gasteiger partial charge in [0.05, 0.1) is 16.8 Å². The maximum absolute atomic E-state index is 12.5. The van der Waals surface area contributed by atoms with Gasteiger partial charge in [0.25, 0.3) is 5.91 Å². The zero-order valence-corrected chi connectivity index (χ0v) is 15.1. The first-order chi connectivity index (χ1) is 12.5. The number of nitrogens with zero attached hydrogens (tertiary/aromatic N) is 1. The van der Waals surface area contributed by atoms with Crippen LogP contribution in [0.2, 0.25) is 5.02 Å². The second kappa shape index (κ2) is 7.54. The van der Waals surface area contributed by atoms with Crippen molar-refractivity contribution >= 4 is 40.1 Å². The predicted octanol–water partition coefficient (Wildman–Crippen LogP) is 4.30. The third kappa shape index (κ3) is 3.83. The van der Waals surface area contributed by atoms with Crippen molar-refractivity contribution < 1.29 is 14.3 Å². The Morgan fingerprint density at radius 3 is 2.65 bits per heavy atom. The minimum absolute atomic E-state index is 0.388. The van der Waals surface area contributed by atoms with E-state index in [9.17, 15) is 9.59 Å². The molecular weight excluding hydrogens is 352 g/mol. The van der Waals surface area contributed by atoms with Crippen LogP contribution in [-0.4, -0.2) is 23.5 Å². The number of hydrogen-bond acceptors (Lipinski definition) is 4. The first-order valence-electron chi connectivity index (χ1n) is 8.04. The Morgan fingerprint density at radius 2 is 1.88 bits per heavy atom. The van der Waals surface area contributed by atoms with Gasteiger partial charge in [-0.3, -0.25) is 9.78 Å². The Bertz CT molecular complexity index is 1000. The van der Waals surface area contributed by atoms with E-state index in [1.165, 1.54) is 0 Å². The summed E-state index contributed by atoms with van der Waals surface area (Å²) >= 11 is 5.87. The fourth-order valence-electron chi connectivity index (χ4n) is 2.80. The van der Waals surface area contributed by atoms with Crippen LogP contribution < -0.4 is 5.32 Å². The SMILES string of the molecule is Cc1nc2ccccc2c(C)c1C(=O)OCC(=O)Nc1cccc(Cl)c1. The molecule has 2 aromatic carbocycles. The molecule has 6 heteroatoms. The largest absolute Gasteiger partial charge is 0.452 e. The molecule has 132 valence electrons. The van der Waals surface area contributed by atoms with E-state index < -0.39 is 18.5 Å². The number of nitrogens with one attached hydrogen (secondary N) is 1. The van der Waals surface area contributed by atoms with E-state index in [0.29, 0.717) is 22.0 Å². The molecule has 1 aromatic heterocycles. The van der Waals surface area contributed by atoms with Gasteiger partial charge in [-0.05, 0) is 43.7 Å². The summed E-state index contributed by atoms with van der Waals surface area (Å²) in [5, 5.41) is 4.02. The number of pyridine rings is 1. The van der Waals surface area contributed by atoms with Crippen molar-refractivity contribution in [1.82, 2.24) is 4.98 Å². The molecule has 0 fully saturated rings. The van der Waals surface area contributed by atoms with Crippen LogP contribution in [0.1, 0.15) is 21.6 Å². The third-order valence-corrected chi connectivity index (χ3v) is 4.21. The highest BCUT2D eigenvalue weighted by Crippen LogP contribution is 2.23. The highest BCUT2D eigenvalue weighted by molar-refractivity contribution is 6.30. The van der Waals surface area contributed by atoms with E-state index in [1.807, 2.05) is 31.2 Å². The van der Waals surface area contributed by atoms with Crippen LogP contribution in [0.3, 0.4) is 0 Å². The third-order valence-electron chi connectivity index (χ3n) is 3.98. The Labute approximate surface area is 156 Å². The van der Waals surface area contributed by atoms with Crippen LogP contribution in [0, 0.1) is 13.8 Å². The molecule has 0 aliphatic carbocycles. The number of amides is 1. The number of anilines is 1. The first kappa shape index (κ1) is 17.9. The van der Waals surface area contributed by atoms with Gasteiger partial charge in [-0.15, -0.1) is 0 Å². The quantitative estimate of drug-likeness (QED) is 0.697. The molecular formula is C20H17ClN2O3. The summed E-state index contributed by atoms with van der Waals surface area (Å²) in [6, 6.07) is 14.3. The van der Waals surface area contributed by atoms with E-state index in [0.717, 1.165) is 16.5 Å². The number of benzene rings is 2. The molecule has 5 nitrogen and oxygen atoms in total. The van der Waals surface area contributed by atoms with Crippen LogP contribution in [-0.2, 0) is 9.53 Å². The lowest BCUT2D eigenvalue weighted by atomic mass is 10.0. The van der Waals surface area contributed by atoms with E-state index in [-0.39, 0.29) is 0 Å². The van der Waals surface area contributed by atoms with Crippen molar-refractivity contribution in [2.24, 2.45) is 0 Å². The molecule has 0 saturated heterocycles. The molecule has 0 saturated carbocycles. The number of halogens is 1. The van der Waals surface area contributed by atoms with Crippen LogP contribution in [0.4, 0.5) is 5.69 Å². The summed E-state index contributed by atoms with van der Waals surface area (Å²) in [6.45, 7) is 3.21. The van der Waals surface area contributed by atoms with Gasteiger partial charge in [-0.2, -0.15) is 0 Å². The van der Waals surface area contributed by atoms with Gasteiger partial charge < -0.3 is 10.1 Å². The number of aromatic nitrogens is 1. The Morgan fingerprint density at radius 1 is 1.12 bits per heavy atom. The second-order valence-corrected chi connectivity index (χ2v) is 6.29. The zero-order valence-electron chi connectivity index (χ0n) is 14.4. The predicted molar refractivity (Wildman–Crippen MR) is 102 cm³/mol. The lowest BCUT2D eigenvalue weighted by molar-refractivity contribution is -0.119. The molecule has 1 N–H and O–H groups in total. The van der Waals surface area contributed by atoms with E-state index in [1.54, 1.807) is 31.2 Å². The average molecular weight is 369 g/mol. The summed E-state index contributed by atoms with van der Waals surface area (Å²) in [7, 11) is 0. The molecule has 0 aliphatic heterocycles. The number of esters is 1. The maximum atomic E-state index is 12.5. The summed E-state index contributed by atoms with van der Waals surface area (Å²) < 4.78 is 5.18. The van der Waals surface area contributed by atoms with Gasteiger partial charge in [-0.25, -0.2) is 4.79 Å². The van der Waals surface area contributed by atoms with Gasteiger partial charge in [0, 0.05) is 16.1 Å². The second-order valence-electron chi connectivity index (χ2n) is 5.85. The van der Waals surface area contributed by atoms with Crippen molar-refractivity contribution in [1.29, 1.82) is 0 Å². The number of aryl methyl sites for hydroxylation is 2. The highest BCUT2D eigenvalue weighted by Gasteiger charge is 2.18. The van der Waals surface area contributed by atoms with Gasteiger partial charge in [0.15, 0.2) is 6.61 Å².